The predicted molar refractivity (Wildman–Crippen MR) is 99.9 cm³/mol. The molecule has 3 aromatic carbocycles. The van der Waals surface area contributed by atoms with Gasteiger partial charge in [0.05, 0.1) is 5.69 Å². The van der Waals surface area contributed by atoms with Crippen LogP contribution in [0.5, 0.6) is 5.75 Å². The van der Waals surface area contributed by atoms with Crippen LogP contribution in [-0.4, -0.2) is 12.5 Å². The zero-order valence-electron chi connectivity index (χ0n) is 12.1. The van der Waals surface area contributed by atoms with Gasteiger partial charge in [-0.25, -0.2) is 0 Å². The van der Waals surface area contributed by atoms with Gasteiger partial charge < -0.3 is 10.1 Å². The van der Waals surface area contributed by atoms with E-state index in [1.807, 2.05) is 60.7 Å². The zero-order chi connectivity index (χ0) is 16.2. The molecule has 0 atom stereocenters. The Labute approximate surface area is 150 Å². The number of carbonyl (C=O) groups excluding carboxylic acids is 1. The molecule has 1 N–H and O–H groups in total. The summed E-state index contributed by atoms with van der Waals surface area (Å²) in [5, 5.41) is 5.04. The number of fused-ring (bicyclic) bond motifs is 1. The Bertz CT molecular complexity index is 865. The van der Waals surface area contributed by atoms with Crippen molar-refractivity contribution in [2.45, 2.75) is 0 Å². The molecule has 0 radical (unpaired) electrons. The first-order valence-corrected chi connectivity index (χ1v) is 8.57. The molecule has 0 aliphatic heterocycles. The van der Waals surface area contributed by atoms with Crippen LogP contribution in [-0.2, 0) is 4.79 Å². The Morgan fingerprint density at radius 3 is 2.52 bits per heavy atom. The van der Waals surface area contributed by atoms with Crippen LogP contribution in [0.15, 0.2) is 69.6 Å². The number of ether oxygens (including phenoxy) is 1. The summed E-state index contributed by atoms with van der Waals surface area (Å²) >= 11 is 6.79. The maximum atomic E-state index is 12.0. The molecule has 0 saturated carbocycles. The molecule has 23 heavy (non-hydrogen) atoms. The Kier molecular flexibility index (Phi) is 4.98. The molecule has 1 amide bonds. The van der Waals surface area contributed by atoms with Gasteiger partial charge in [-0.15, -0.1) is 0 Å². The van der Waals surface area contributed by atoms with Crippen molar-refractivity contribution >= 4 is 54.2 Å². The first-order valence-electron chi connectivity index (χ1n) is 6.98. The molecule has 0 aliphatic carbocycles. The van der Waals surface area contributed by atoms with E-state index >= 15 is 0 Å². The monoisotopic (exact) mass is 433 g/mol. The number of rotatable bonds is 4. The fourth-order valence-electron chi connectivity index (χ4n) is 2.18. The summed E-state index contributed by atoms with van der Waals surface area (Å²) in [7, 11) is 0. The van der Waals surface area contributed by atoms with Crippen molar-refractivity contribution in [2.75, 3.05) is 11.9 Å². The molecule has 0 saturated heterocycles. The van der Waals surface area contributed by atoms with Gasteiger partial charge in [-0.3, -0.25) is 4.79 Å². The highest BCUT2D eigenvalue weighted by Gasteiger charge is 2.07. The van der Waals surface area contributed by atoms with Crippen molar-refractivity contribution in [2.24, 2.45) is 0 Å². The van der Waals surface area contributed by atoms with E-state index in [4.69, 9.17) is 4.74 Å². The molecule has 0 aliphatic rings. The van der Waals surface area contributed by atoms with E-state index in [9.17, 15) is 4.79 Å². The van der Waals surface area contributed by atoms with Gasteiger partial charge in [-0.05, 0) is 57.0 Å². The second-order valence-electron chi connectivity index (χ2n) is 4.97. The minimum absolute atomic E-state index is 0.0408. The molecule has 0 spiro atoms. The summed E-state index contributed by atoms with van der Waals surface area (Å²) in [6, 6.07) is 19.4. The largest absolute Gasteiger partial charge is 0.484 e. The van der Waals surface area contributed by atoms with Crippen LogP contribution in [0.3, 0.4) is 0 Å². The van der Waals surface area contributed by atoms with Gasteiger partial charge in [-0.2, -0.15) is 0 Å². The second kappa shape index (κ2) is 7.15. The van der Waals surface area contributed by atoms with Gasteiger partial charge in [-0.1, -0.05) is 46.3 Å². The van der Waals surface area contributed by atoms with Gasteiger partial charge in [0, 0.05) is 8.95 Å². The van der Waals surface area contributed by atoms with Gasteiger partial charge in [0.15, 0.2) is 6.61 Å². The maximum Gasteiger partial charge on any atom is 0.262 e. The molecule has 0 aromatic heterocycles. The highest BCUT2D eigenvalue weighted by atomic mass is 79.9. The van der Waals surface area contributed by atoms with Gasteiger partial charge >= 0.3 is 0 Å². The first kappa shape index (κ1) is 16.0. The predicted octanol–water partition coefficient (Wildman–Crippen LogP) is 5.38. The molecule has 0 unspecified atom stereocenters. The Hall–Kier alpha value is -1.85. The molecule has 3 rings (SSSR count). The molecule has 0 bridgehead atoms. The van der Waals surface area contributed by atoms with Crippen LogP contribution in [0.25, 0.3) is 10.8 Å². The second-order valence-corrected chi connectivity index (χ2v) is 6.74. The highest BCUT2D eigenvalue weighted by Crippen LogP contribution is 2.26. The topological polar surface area (TPSA) is 38.3 Å². The number of anilines is 1. The minimum Gasteiger partial charge on any atom is -0.484 e. The quantitative estimate of drug-likeness (QED) is 0.598. The van der Waals surface area contributed by atoms with E-state index in [-0.39, 0.29) is 12.5 Å². The fourth-order valence-corrected chi connectivity index (χ4v) is 3.33. The third-order valence-electron chi connectivity index (χ3n) is 3.30. The Morgan fingerprint density at radius 1 is 0.957 bits per heavy atom. The Balaban J connectivity index is 1.63. The van der Waals surface area contributed by atoms with Crippen molar-refractivity contribution in [3.63, 3.8) is 0 Å². The summed E-state index contributed by atoms with van der Waals surface area (Å²) in [6.07, 6.45) is 0. The lowest BCUT2D eigenvalue weighted by Gasteiger charge is -2.10. The van der Waals surface area contributed by atoms with Crippen LogP contribution >= 0.6 is 31.9 Å². The Morgan fingerprint density at radius 2 is 1.74 bits per heavy atom. The van der Waals surface area contributed by atoms with Crippen LogP contribution in [0.1, 0.15) is 0 Å². The van der Waals surface area contributed by atoms with Gasteiger partial charge in [0.2, 0.25) is 0 Å². The number of hydrogen-bond acceptors (Lipinski definition) is 2. The highest BCUT2D eigenvalue weighted by molar-refractivity contribution is 9.11. The number of nitrogens with one attached hydrogen (secondary N) is 1. The maximum absolute atomic E-state index is 12.0. The summed E-state index contributed by atoms with van der Waals surface area (Å²) in [5.41, 5.74) is 0.709. The molecular weight excluding hydrogens is 422 g/mol. The van der Waals surface area contributed by atoms with E-state index < -0.39 is 0 Å². The first-order chi connectivity index (χ1) is 11.1. The molecule has 0 fully saturated rings. The fraction of sp³-hybridized carbons (Fsp3) is 0.0556. The molecule has 3 aromatic rings. The van der Waals surface area contributed by atoms with E-state index in [1.54, 1.807) is 0 Å². The molecule has 3 nitrogen and oxygen atoms in total. The van der Waals surface area contributed by atoms with E-state index in [1.165, 1.54) is 0 Å². The SMILES string of the molecule is O=C(COc1ccc2ccccc2c1)Nc1ccc(Br)cc1Br. The standard InChI is InChI=1S/C18H13Br2NO2/c19-14-6-8-17(16(20)10-14)21-18(22)11-23-15-7-5-12-3-1-2-4-13(12)9-15/h1-10H,11H2,(H,21,22). The number of carbonyl (C=O) groups is 1. The third kappa shape index (κ3) is 4.12. The molecule has 0 heterocycles. The van der Waals surface area contributed by atoms with Crippen LogP contribution in [0, 0.1) is 0 Å². The lowest BCUT2D eigenvalue weighted by Crippen LogP contribution is -2.20. The lowest BCUT2D eigenvalue weighted by molar-refractivity contribution is -0.118. The van der Waals surface area contributed by atoms with E-state index in [0.717, 1.165) is 19.7 Å². The van der Waals surface area contributed by atoms with Gasteiger partial charge in [0.25, 0.3) is 5.91 Å². The number of halogens is 2. The summed E-state index contributed by atoms with van der Waals surface area (Å²) in [4.78, 5) is 12.0. The van der Waals surface area contributed by atoms with Crippen molar-refractivity contribution in [3.05, 3.63) is 69.6 Å². The molecule has 5 heteroatoms. The summed E-state index contributed by atoms with van der Waals surface area (Å²) in [6.45, 7) is -0.0408. The number of hydrogen-bond donors (Lipinski definition) is 1. The van der Waals surface area contributed by atoms with Crippen molar-refractivity contribution in [1.29, 1.82) is 0 Å². The van der Waals surface area contributed by atoms with Gasteiger partial charge in [0.1, 0.15) is 5.75 Å². The summed E-state index contributed by atoms with van der Waals surface area (Å²) < 4.78 is 7.33. The van der Waals surface area contributed by atoms with Crippen molar-refractivity contribution < 1.29 is 9.53 Å². The zero-order valence-corrected chi connectivity index (χ0v) is 15.2. The van der Waals surface area contributed by atoms with Crippen molar-refractivity contribution in [1.82, 2.24) is 0 Å². The van der Waals surface area contributed by atoms with Crippen LogP contribution in [0.4, 0.5) is 5.69 Å². The summed E-state index contributed by atoms with van der Waals surface area (Å²) in [5.74, 6) is 0.468. The smallest absolute Gasteiger partial charge is 0.262 e. The van der Waals surface area contributed by atoms with E-state index in [0.29, 0.717) is 11.4 Å². The average molecular weight is 435 g/mol. The molecular formula is C18H13Br2NO2. The number of amides is 1. The lowest BCUT2D eigenvalue weighted by atomic mass is 10.1. The van der Waals surface area contributed by atoms with E-state index in [2.05, 4.69) is 37.2 Å². The van der Waals surface area contributed by atoms with Crippen LogP contribution in [0.2, 0.25) is 0 Å². The van der Waals surface area contributed by atoms with Crippen molar-refractivity contribution in [3.8, 4) is 5.75 Å². The average Bonchev–Trinajstić information content (AvgIpc) is 2.55. The van der Waals surface area contributed by atoms with Crippen LogP contribution < -0.4 is 10.1 Å². The third-order valence-corrected chi connectivity index (χ3v) is 4.45. The minimum atomic E-state index is -0.207. The molecule has 116 valence electrons. The number of benzene rings is 3. The normalized spacial score (nSPS) is 10.5.